The van der Waals surface area contributed by atoms with E-state index in [1.807, 2.05) is 24.3 Å². The Hall–Kier alpha value is -1.96. The molecule has 1 heterocycles. The molecule has 1 atom stereocenters. The largest absolute Gasteiger partial charge is 0.439 e. The number of nitrogens with zero attached hydrogens (tertiary/aromatic N) is 2. The number of aliphatic hydroxyl groups excluding tert-OH is 1. The van der Waals surface area contributed by atoms with Crippen LogP contribution in [0.4, 0.5) is 0 Å². The van der Waals surface area contributed by atoms with Gasteiger partial charge < -0.3 is 19.5 Å². The minimum atomic E-state index is -0.726. The van der Waals surface area contributed by atoms with Crippen LogP contribution in [0.25, 0.3) is 0 Å². The van der Waals surface area contributed by atoms with Crippen molar-refractivity contribution >= 4 is 21.8 Å². The third-order valence-electron chi connectivity index (χ3n) is 3.19. The molecule has 1 amide bonds. The molecule has 1 aromatic carbocycles. The van der Waals surface area contributed by atoms with Crippen LogP contribution in [0.1, 0.15) is 10.4 Å². The van der Waals surface area contributed by atoms with Crippen LogP contribution in [0.2, 0.25) is 0 Å². The molecule has 0 fully saturated rings. The maximum atomic E-state index is 12.3. The number of hydrogen-bond donors (Lipinski definition) is 1. The summed E-state index contributed by atoms with van der Waals surface area (Å²) in [6.07, 6.45) is 0.727. The number of carbonyl (C=O) groups excluding carboxylic acids is 1. The van der Waals surface area contributed by atoms with E-state index in [1.54, 1.807) is 19.2 Å². The molecule has 0 bridgehead atoms. The summed E-state index contributed by atoms with van der Waals surface area (Å²) in [5.74, 6) is 0.814. The quantitative estimate of drug-likeness (QED) is 0.781. The molecule has 0 spiro atoms. The first-order valence-corrected chi connectivity index (χ1v) is 8.11. The van der Waals surface area contributed by atoms with Crippen molar-refractivity contribution in [3.63, 3.8) is 0 Å². The van der Waals surface area contributed by atoms with Crippen LogP contribution < -0.4 is 4.74 Å². The average Bonchev–Trinajstić information content (AvgIpc) is 2.55. The average molecular weight is 395 g/mol. The second kappa shape index (κ2) is 8.77. The first kappa shape index (κ1) is 18.4. The van der Waals surface area contributed by atoms with Crippen LogP contribution in [0.5, 0.6) is 11.6 Å². The van der Waals surface area contributed by atoms with Crippen LogP contribution >= 0.6 is 15.9 Å². The number of aromatic nitrogens is 1. The zero-order valence-corrected chi connectivity index (χ0v) is 15.1. The maximum absolute atomic E-state index is 12.3. The monoisotopic (exact) mass is 394 g/mol. The lowest BCUT2D eigenvalue weighted by molar-refractivity contribution is 0.0380. The van der Waals surface area contributed by atoms with Crippen LogP contribution in [0.3, 0.4) is 0 Å². The van der Waals surface area contributed by atoms with Crippen molar-refractivity contribution in [2.24, 2.45) is 0 Å². The summed E-state index contributed by atoms with van der Waals surface area (Å²) in [6.45, 7) is 0.359. The smallest absolute Gasteiger partial charge is 0.255 e. The van der Waals surface area contributed by atoms with E-state index in [4.69, 9.17) is 9.47 Å². The van der Waals surface area contributed by atoms with E-state index in [-0.39, 0.29) is 19.1 Å². The van der Waals surface area contributed by atoms with Gasteiger partial charge in [-0.25, -0.2) is 4.98 Å². The SMILES string of the molecule is COCC(O)CN(C)C(=O)c1ccc(Oc2cccc(Br)c2)nc1. The normalized spacial score (nSPS) is 11.8. The van der Waals surface area contributed by atoms with Gasteiger partial charge in [-0.15, -0.1) is 0 Å². The van der Waals surface area contributed by atoms with E-state index >= 15 is 0 Å². The molecule has 7 heteroatoms. The molecule has 6 nitrogen and oxygen atoms in total. The van der Waals surface area contributed by atoms with E-state index in [0.29, 0.717) is 17.2 Å². The van der Waals surface area contributed by atoms with Crippen molar-refractivity contribution in [2.75, 3.05) is 27.3 Å². The summed E-state index contributed by atoms with van der Waals surface area (Å²) in [7, 11) is 3.12. The third kappa shape index (κ3) is 5.30. The highest BCUT2D eigenvalue weighted by molar-refractivity contribution is 9.10. The van der Waals surface area contributed by atoms with E-state index in [1.165, 1.54) is 18.2 Å². The molecular formula is C17H19BrN2O4. The maximum Gasteiger partial charge on any atom is 0.255 e. The Bertz CT molecular complexity index is 679. The number of methoxy groups -OCH3 is 1. The summed E-state index contributed by atoms with van der Waals surface area (Å²) >= 11 is 3.37. The number of pyridine rings is 1. The zero-order valence-electron chi connectivity index (χ0n) is 13.5. The lowest BCUT2D eigenvalue weighted by Crippen LogP contribution is -2.36. The molecule has 1 unspecified atom stereocenters. The highest BCUT2D eigenvalue weighted by atomic mass is 79.9. The Kier molecular flexibility index (Phi) is 6.72. The van der Waals surface area contributed by atoms with Gasteiger partial charge in [0.15, 0.2) is 0 Å². The number of hydrogen-bond acceptors (Lipinski definition) is 5. The number of aliphatic hydroxyl groups is 1. The number of likely N-dealkylation sites (N-methyl/N-ethyl adjacent to an activating group) is 1. The number of carbonyl (C=O) groups is 1. The first-order chi connectivity index (χ1) is 11.5. The van der Waals surface area contributed by atoms with Crippen molar-refractivity contribution in [1.29, 1.82) is 0 Å². The van der Waals surface area contributed by atoms with Gasteiger partial charge in [-0.05, 0) is 24.3 Å². The molecule has 0 aliphatic rings. The second-order valence-corrected chi connectivity index (χ2v) is 6.16. The molecule has 1 aromatic heterocycles. The summed E-state index contributed by atoms with van der Waals surface area (Å²) in [6, 6.07) is 10.7. The fourth-order valence-electron chi connectivity index (χ4n) is 2.08. The fraction of sp³-hybridized carbons (Fsp3) is 0.294. The van der Waals surface area contributed by atoms with Crippen molar-refractivity contribution in [2.45, 2.75) is 6.10 Å². The van der Waals surface area contributed by atoms with Crippen LogP contribution in [-0.4, -0.2) is 54.3 Å². The molecule has 1 N–H and O–H groups in total. The van der Waals surface area contributed by atoms with E-state index in [9.17, 15) is 9.90 Å². The molecular weight excluding hydrogens is 376 g/mol. The van der Waals surface area contributed by atoms with Crippen molar-refractivity contribution in [3.05, 3.63) is 52.6 Å². The van der Waals surface area contributed by atoms with E-state index < -0.39 is 6.10 Å². The van der Waals surface area contributed by atoms with Gasteiger partial charge in [0, 0.05) is 37.4 Å². The number of amides is 1. The van der Waals surface area contributed by atoms with Crippen molar-refractivity contribution < 1.29 is 19.4 Å². The van der Waals surface area contributed by atoms with Gasteiger partial charge in [0.2, 0.25) is 5.88 Å². The first-order valence-electron chi connectivity index (χ1n) is 7.31. The Labute approximate surface area is 149 Å². The number of halogens is 1. The van der Waals surface area contributed by atoms with E-state index in [0.717, 1.165) is 4.47 Å². The molecule has 0 saturated heterocycles. The summed E-state index contributed by atoms with van der Waals surface area (Å²) in [4.78, 5) is 17.9. The van der Waals surface area contributed by atoms with Gasteiger partial charge >= 0.3 is 0 Å². The van der Waals surface area contributed by atoms with Crippen LogP contribution in [-0.2, 0) is 4.74 Å². The number of ether oxygens (including phenoxy) is 2. The lowest BCUT2D eigenvalue weighted by Gasteiger charge is -2.20. The third-order valence-corrected chi connectivity index (χ3v) is 3.69. The molecule has 0 saturated carbocycles. The van der Waals surface area contributed by atoms with Gasteiger partial charge in [0.05, 0.1) is 18.3 Å². The Balaban J connectivity index is 1.99. The van der Waals surface area contributed by atoms with Gasteiger partial charge in [-0.3, -0.25) is 4.79 Å². The molecule has 0 aliphatic heterocycles. The molecule has 2 aromatic rings. The van der Waals surface area contributed by atoms with Gasteiger partial charge in [0.1, 0.15) is 5.75 Å². The predicted molar refractivity (Wildman–Crippen MR) is 93.3 cm³/mol. The molecule has 24 heavy (non-hydrogen) atoms. The summed E-state index contributed by atoms with van der Waals surface area (Å²) in [5, 5.41) is 9.69. The van der Waals surface area contributed by atoms with Crippen LogP contribution in [0.15, 0.2) is 47.1 Å². The van der Waals surface area contributed by atoms with Gasteiger partial charge in [0.25, 0.3) is 5.91 Å². The molecule has 0 radical (unpaired) electrons. The van der Waals surface area contributed by atoms with Crippen LogP contribution in [0, 0.1) is 0 Å². The highest BCUT2D eigenvalue weighted by Gasteiger charge is 2.16. The lowest BCUT2D eigenvalue weighted by atomic mass is 10.2. The Morgan fingerprint density at radius 1 is 1.38 bits per heavy atom. The topological polar surface area (TPSA) is 71.9 Å². The molecule has 0 aliphatic carbocycles. The summed E-state index contributed by atoms with van der Waals surface area (Å²) in [5.41, 5.74) is 0.420. The summed E-state index contributed by atoms with van der Waals surface area (Å²) < 4.78 is 11.4. The standard InChI is InChI=1S/C17H19BrN2O4/c1-20(10-14(21)11-23-2)17(22)12-6-7-16(19-9-12)24-15-5-3-4-13(18)8-15/h3-9,14,21H,10-11H2,1-2H3. The Morgan fingerprint density at radius 2 is 2.17 bits per heavy atom. The molecule has 2 rings (SSSR count). The highest BCUT2D eigenvalue weighted by Crippen LogP contribution is 2.23. The van der Waals surface area contributed by atoms with Crippen molar-refractivity contribution in [1.82, 2.24) is 9.88 Å². The van der Waals surface area contributed by atoms with Crippen molar-refractivity contribution in [3.8, 4) is 11.6 Å². The minimum absolute atomic E-state index is 0.176. The number of rotatable bonds is 7. The van der Waals surface area contributed by atoms with Gasteiger partial charge in [-0.1, -0.05) is 22.0 Å². The fourth-order valence-corrected chi connectivity index (χ4v) is 2.46. The zero-order chi connectivity index (χ0) is 17.5. The second-order valence-electron chi connectivity index (χ2n) is 5.24. The van der Waals surface area contributed by atoms with Gasteiger partial charge in [-0.2, -0.15) is 0 Å². The Morgan fingerprint density at radius 3 is 2.79 bits per heavy atom. The molecule has 128 valence electrons. The number of benzene rings is 1. The minimum Gasteiger partial charge on any atom is -0.439 e. The van der Waals surface area contributed by atoms with E-state index in [2.05, 4.69) is 20.9 Å². The predicted octanol–water partition coefficient (Wildman–Crippen LogP) is 2.72.